The van der Waals surface area contributed by atoms with Gasteiger partial charge in [-0.3, -0.25) is 0 Å². The highest BCUT2D eigenvalue weighted by Gasteiger charge is 2.27. The van der Waals surface area contributed by atoms with E-state index in [1.54, 1.807) is 11.8 Å². The van der Waals surface area contributed by atoms with Gasteiger partial charge in [-0.1, -0.05) is 6.92 Å². The Bertz CT molecular complexity index is 327. The molecule has 2 N–H and O–H groups in total. The summed E-state index contributed by atoms with van der Waals surface area (Å²) in [5.74, 6) is 0.257. The number of thioether (sulfide) groups is 1. The molecule has 1 atom stereocenters. The highest BCUT2D eigenvalue weighted by atomic mass is 32.2. The van der Waals surface area contributed by atoms with Crippen LogP contribution in [-0.4, -0.2) is 55.6 Å². The molecule has 1 rings (SSSR count). The number of piperidine rings is 1. The Balaban J connectivity index is 2.35. The summed E-state index contributed by atoms with van der Waals surface area (Å²) >= 11 is 1.74. The van der Waals surface area contributed by atoms with Crippen molar-refractivity contribution < 1.29 is 13.5 Å². The Morgan fingerprint density at radius 1 is 1.44 bits per heavy atom. The maximum absolute atomic E-state index is 12.0. The molecule has 1 fully saturated rings. The fourth-order valence-electron chi connectivity index (χ4n) is 1.93. The first-order valence-electron chi connectivity index (χ1n) is 6.38. The third-order valence-corrected chi connectivity index (χ3v) is 6.06. The Morgan fingerprint density at radius 2 is 2.06 bits per heavy atom. The largest absolute Gasteiger partial charge is 0.396 e. The summed E-state index contributed by atoms with van der Waals surface area (Å²) in [6.07, 6.45) is 4.36. The van der Waals surface area contributed by atoms with Crippen molar-refractivity contribution in [2.75, 3.05) is 32.5 Å². The van der Waals surface area contributed by atoms with Gasteiger partial charge in [0.25, 0.3) is 10.2 Å². The third kappa shape index (κ3) is 5.05. The van der Waals surface area contributed by atoms with Gasteiger partial charge in [0.2, 0.25) is 0 Å². The Labute approximate surface area is 115 Å². The fourth-order valence-corrected chi connectivity index (χ4v) is 3.54. The molecule has 1 heterocycles. The highest BCUT2D eigenvalue weighted by Crippen LogP contribution is 2.18. The van der Waals surface area contributed by atoms with E-state index in [4.69, 9.17) is 5.11 Å². The zero-order valence-corrected chi connectivity index (χ0v) is 12.8. The first-order valence-corrected chi connectivity index (χ1v) is 9.10. The van der Waals surface area contributed by atoms with Crippen LogP contribution >= 0.6 is 11.8 Å². The molecule has 1 aliphatic heterocycles. The van der Waals surface area contributed by atoms with Crippen LogP contribution in [0.3, 0.4) is 0 Å². The van der Waals surface area contributed by atoms with Crippen LogP contribution in [0.5, 0.6) is 0 Å². The molecule has 18 heavy (non-hydrogen) atoms. The molecule has 7 heteroatoms. The topological polar surface area (TPSA) is 69.6 Å². The average Bonchev–Trinajstić information content (AvgIpc) is 2.38. The molecule has 0 aromatic carbocycles. The molecule has 0 amide bonds. The van der Waals surface area contributed by atoms with Gasteiger partial charge in [0.15, 0.2) is 0 Å². The van der Waals surface area contributed by atoms with Crippen molar-refractivity contribution in [1.29, 1.82) is 0 Å². The van der Waals surface area contributed by atoms with E-state index in [-0.39, 0.29) is 12.5 Å². The summed E-state index contributed by atoms with van der Waals surface area (Å²) in [6, 6.07) is 0. The van der Waals surface area contributed by atoms with Gasteiger partial charge in [-0.15, -0.1) is 0 Å². The van der Waals surface area contributed by atoms with Gasteiger partial charge in [0.05, 0.1) is 0 Å². The van der Waals surface area contributed by atoms with Crippen molar-refractivity contribution in [2.45, 2.75) is 31.4 Å². The van der Waals surface area contributed by atoms with Crippen molar-refractivity contribution in [3.05, 3.63) is 0 Å². The van der Waals surface area contributed by atoms with Crippen LogP contribution < -0.4 is 4.72 Å². The monoisotopic (exact) mass is 296 g/mol. The number of aliphatic hydroxyl groups excluding tert-OH is 1. The minimum Gasteiger partial charge on any atom is -0.396 e. The van der Waals surface area contributed by atoms with Crippen LogP contribution in [0.1, 0.15) is 26.2 Å². The maximum Gasteiger partial charge on any atom is 0.279 e. The average molecular weight is 296 g/mol. The zero-order chi connectivity index (χ0) is 13.6. The predicted molar refractivity (Wildman–Crippen MR) is 75.9 cm³/mol. The van der Waals surface area contributed by atoms with E-state index in [0.29, 0.717) is 24.9 Å². The highest BCUT2D eigenvalue weighted by molar-refractivity contribution is 7.99. The minimum absolute atomic E-state index is 0.159. The molecule has 1 saturated heterocycles. The van der Waals surface area contributed by atoms with Crippen LogP contribution in [-0.2, 0) is 10.2 Å². The second kappa shape index (κ2) is 7.69. The predicted octanol–water partition coefficient (Wildman–Crippen LogP) is 0.667. The first-order chi connectivity index (χ1) is 8.49. The lowest BCUT2D eigenvalue weighted by Gasteiger charge is -2.30. The molecular weight excluding hydrogens is 272 g/mol. The number of nitrogens with zero attached hydrogens (tertiary/aromatic N) is 1. The van der Waals surface area contributed by atoms with Gasteiger partial charge in [-0.2, -0.15) is 24.5 Å². The van der Waals surface area contributed by atoms with Gasteiger partial charge < -0.3 is 5.11 Å². The lowest BCUT2D eigenvalue weighted by molar-refractivity contribution is 0.169. The lowest BCUT2D eigenvalue weighted by Crippen LogP contribution is -2.45. The molecule has 0 aromatic rings. The number of hydrogen-bond donors (Lipinski definition) is 2. The number of rotatable bonds is 7. The van der Waals surface area contributed by atoms with Crippen LogP contribution in [0.2, 0.25) is 0 Å². The minimum atomic E-state index is -3.33. The molecule has 0 aliphatic carbocycles. The molecule has 108 valence electrons. The quantitative estimate of drug-likeness (QED) is 0.724. The van der Waals surface area contributed by atoms with E-state index in [2.05, 4.69) is 11.6 Å². The summed E-state index contributed by atoms with van der Waals surface area (Å²) in [4.78, 5) is 0. The van der Waals surface area contributed by atoms with Crippen molar-refractivity contribution >= 4 is 22.0 Å². The van der Waals surface area contributed by atoms with Crippen molar-refractivity contribution in [3.8, 4) is 0 Å². The van der Waals surface area contributed by atoms with E-state index < -0.39 is 10.2 Å². The summed E-state index contributed by atoms with van der Waals surface area (Å²) in [7, 11) is -3.33. The summed E-state index contributed by atoms with van der Waals surface area (Å²) in [6.45, 7) is 3.76. The van der Waals surface area contributed by atoms with Crippen LogP contribution in [0, 0.1) is 5.92 Å². The smallest absolute Gasteiger partial charge is 0.279 e. The third-order valence-electron chi connectivity index (χ3n) is 3.41. The fraction of sp³-hybridized carbons (Fsp3) is 1.00. The van der Waals surface area contributed by atoms with Gasteiger partial charge in [-0.25, -0.2) is 4.72 Å². The zero-order valence-electron chi connectivity index (χ0n) is 11.1. The van der Waals surface area contributed by atoms with Gasteiger partial charge in [0, 0.05) is 31.5 Å². The Hall–Kier alpha value is 0.180. The van der Waals surface area contributed by atoms with Crippen molar-refractivity contribution in [3.63, 3.8) is 0 Å². The van der Waals surface area contributed by atoms with E-state index in [0.717, 1.165) is 19.3 Å². The molecule has 1 unspecified atom stereocenters. The molecule has 0 radical (unpaired) electrons. The van der Waals surface area contributed by atoms with Crippen LogP contribution in [0.15, 0.2) is 0 Å². The van der Waals surface area contributed by atoms with E-state index in [9.17, 15) is 8.42 Å². The lowest BCUT2D eigenvalue weighted by atomic mass is 10.00. The SMILES string of the molecule is CSC(C)CCNS(=O)(=O)N1CCC(CO)CC1. The molecular formula is C11H24N2O3S2. The normalized spacial score (nSPS) is 21.1. The summed E-state index contributed by atoms with van der Waals surface area (Å²) < 4.78 is 28.1. The Kier molecular flexibility index (Phi) is 6.94. The summed E-state index contributed by atoms with van der Waals surface area (Å²) in [5.41, 5.74) is 0. The molecule has 0 bridgehead atoms. The molecule has 1 aliphatic rings. The maximum atomic E-state index is 12.0. The number of nitrogens with one attached hydrogen (secondary N) is 1. The number of hydrogen-bond acceptors (Lipinski definition) is 4. The molecule has 0 spiro atoms. The Morgan fingerprint density at radius 3 is 2.56 bits per heavy atom. The standard InChI is InChI=1S/C11H24N2O3S2/c1-10(17-2)3-6-12-18(15,16)13-7-4-11(9-14)5-8-13/h10-12,14H,3-9H2,1-2H3. The summed E-state index contributed by atoms with van der Waals surface area (Å²) in [5, 5.41) is 9.49. The first kappa shape index (κ1) is 16.2. The molecule has 0 aromatic heterocycles. The van der Waals surface area contributed by atoms with Crippen LogP contribution in [0.4, 0.5) is 0 Å². The second-order valence-electron chi connectivity index (χ2n) is 4.76. The van der Waals surface area contributed by atoms with E-state index in [1.165, 1.54) is 4.31 Å². The van der Waals surface area contributed by atoms with Crippen molar-refractivity contribution in [2.24, 2.45) is 5.92 Å². The van der Waals surface area contributed by atoms with E-state index in [1.807, 2.05) is 6.26 Å². The van der Waals surface area contributed by atoms with Gasteiger partial charge in [0.1, 0.15) is 0 Å². The van der Waals surface area contributed by atoms with E-state index >= 15 is 0 Å². The second-order valence-corrected chi connectivity index (χ2v) is 7.79. The number of aliphatic hydroxyl groups is 1. The molecule has 5 nitrogen and oxygen atoms in total. The van der Waals surface area contributed by atoms with Gasteiger partial charge >= 0.3 is 0 Å². The molecule has 0 saturated carbocycles. The van der Waals surface area contributed by atoms with Crippen molar-refractivity contribution in [1.82, 2.24) is 9.03 Å². The van der Waals surface area contributed by atoms with Gasteiger partial charge in [-0.05, 0) is 31.4 Å². The van der Waals surface area contributed by atoms with Crippen LogP contribution in [0.25, 0.3) is 0 Å².